The topological polar surface area (TPSA) is 32.3 Å². The second-order valence-electron chi connectivity index (χ2n) is 6.21. The molecule has 1 saturated carbocycles. The van der Waals surface area contributed by atoms with E-state index in [1.807, 2.05) is 4.90 Å². The zero-order valence-corrected chi connectivity index (χ0v) is 11.8. The van der Waals surface area contributed by atoms with Crippen molar-refractivity contribution in [2.24, 2.45) is 5.92 Å². The van der Waals surface area contributed by atoms with Crippen molar-refractivity contribution < 1.29 is 4.79 Å². The minimum atomic E-state index is 0.167. The Morgan fingerprint density at radius 3 is 2.95 bits per heavy atom. The minimum absolute atomic E-state index is 0.167. The quantitative estimate of drug-likeness (QED) is 0.784. The third kappa shape index (κ3) is 1.69. The molecule has 20 heavy (non-hydrogen) atoms. The molecule has 104 valence electrons. The van der Waals surface area contributed by atoms with Crippen molar-refractivity contribution in [1.29, 1.82) is 0 Å². The highest BCUT2D eigenvalue weighted by Gasteiger charge is 2.43. The van der Waals surface area contributed by atoms with Crippen LogP contribution in [0.25, 0.3) is 0 Å². The van der Waals surface area contributed by atoms with Crippen LogP contribution in [-0.4, -0.2) is 23.4 Å². The lowest BCUT2D eigenvalue weighted by molar-refractivity contribution is -0.126. The van der Waals surface area contributed by atoms with E-state index in [-0.39, 0.29) is 5.91 Å². The van der Waals surface area contributed by atoms with Gasteiger partial charge in [-0.2, -0.15) is 0 Å². The number of carbonyl (C=O) groups is 1. The van der Waals surface area contributed by atoms with Gasteiger partial charge in [0.25, 0.3) is 0 Å². The zero-order chi connectivity index (χ0) is 13.7. The van der Waals surface area contributed by atoms with E-state index in [0.29, 0.717) is 17.9 Å². The number of benzene rings is 1. The van der Waals surface area contributed by atoms with Gasteiger partial charge in [-0.1, -0.05) is 18.2 Å². The van der Waals surface area contributed by atoms with Crippen LogP contribution in [0.15, 0.2) is 36.0 Å². The van der Waals surface area contributed by atoms with Crippen molar-refractivity contribution in [3.63, 3.8) is 0 Å². The number of fused-ring (bicyclic) bond motifs is 5. The highest BCUT2D eigenvalue weighted by atomic mass is 16.2. The summed E-state index contributed by atoms with van der Waals surface area (Å²) in [7, 11) is 0. The maximum Gasteiger partial charge on any atom is 0.223 e. The minimum Gasteiger partial charge on any atom is -0.381 e. The van der Waals surface area contributed by atoms with E-state index in [9.17, 15) is 4.79 Å². The average Bonchev–Trinajstić information content (AvgIpc) is 2.85. The van der Waals surface area contributed by atoms with Crippen molar-refractivity contribution in [2.45, 2.75) is 38.1 Å². The highest BCUT2D eigenvalue weighted by Crippen LogP contribution is 2.49. The van der Waals surface area contributed by atoms with Crippen LogP contribution in [0.4, 0.5) is 5.69 Å². The van der Waals surface area contributed by atoms with Crippen LogP contribution in [0.3, 0.4) is 0 Å². The molecule has 3 unspecified atom stereocenters. The average molecular weight is 268 g/mol. The van der Waals surface area contributed by atoms with E-state index in [1.165, 1.54) is 23.2 Å². The third-order valence-electron chi connectivity index (χ3n) is 5.18. The Morgan fingerprint density at radius 2 is 2.10 bits per heavy atom. The second-order valence-corrected chi connectivity index (χ2v) is 6.21. The first-order chi connectivity index (χ1) is 9.74. The fourth-order valence-electron chi connectivity index (χ4n) is 4.20. The fourth-order valence-corrected chi connectivity index (χ4v) is 4.20. The lowest BCUT2D eigenvalue weighted by atomic mass is 9.71. The second kappa shape index (κ2) is 4.37. The van der Waals surface area contributed by atoms with Gasteiger partial charge in [-0.25, -0.2) is 0 Å². The van der Waals surface area contributed by atoms with Crippen LogP contribution in [-0.2, 0) is 4.79 Å². The molecule has 3 atom stereocenters. The summed E-state index contributed by atoms with van der Waals surface area (Å²) in [6, 6.07) is 9.25. The van der Waals surface area contributed by atoms with E-state index < -0.39 is 0 Å². The Morgan fingerprint density at radius 1 is 1.25 bits per heavy atom. The van der Waals surface area contributed by atoms with Crippen molar-refractivity contribution in [2.75, 3.05) is 11.9 Å². The van der Waals surface area contributed by atoms with Gasteiger partial charge in [0.05, 0.1) is 0 Å². The lowest BCUT2D eigenvalue weighted by Gasteiger charge is -2.40. The summed E-state index contributed by atoms with van der Waals surface area (Å²) in [4.78, 5) is 13.4. The maximum absolute atomic E-state index is 11.5. The van der Waals surface area contributed by atoms with Gasteiger partial charge < -0.3 is 10.2 Å². The van der Waals surface area contributed by atoms with Gasteiger partial charge in [0.1, 0.15) is 0 Å². The van der Waals surface area contributed by atoms with Crippen molar-refractivity contribution in [3.8, 4) is 0 Å². The summed E-state index contributed by atoms with van der Waals surface area (Å²) in [6.45, 7) is 2.53. The van der Waals surface area contributed by atoms with Gasteiger partial charge in [0.2, 0.25) is 5.91 Å². The van der Waals surface area contributed by atoms with Crippen molar-refractivity contribution in [1.82, 2.24) is 4.90 Å². The Balaban J connectivity index is 1.65. The van der Waals surface area contributed by atoms with Gasteiger partial charge in [0.15, 0.2) is 0 Å². The molecule has 1 aromatic rings. The van der Waals surface area contributed by atoms with Gasteiger partial charge in [-0.15, -0.1) is 0 Å². The van der Waals surface area contributed by atoms with E-state index in [1.54, 1.807) is 6.92 Å². The fraction of sp³-hybridized carbons (Fsp3) is 0.471. The van der Waals surface area contributed by atoms with Gasteiger partial charge in [0, 0.05) is 43.2 Å². The zero-order valence-electron chi connectivity index (χ0n) is 11.8. The maximum atomic E-state index is 11.5. The van der Waals surface area contributed by atoms with Crippen LogP contribution < -0.4 is 5.32 Å². The van der Waals surface area contributed by atoms with Gasteiger partial charge in [-0.05, 0) is 36.5 Å². The Hall–Kier alpha value is -1.77. The molecular formula is C17H20N2O. The number of hydrogen-bond donors (Lipinski definition) is 1. The normalized spacial score (nSPS) is 30.8. The van der Waals surface area contributed by atoms with E-state index in [4.69, 9.17) is 0 Å². The SMILES string of the molecule is CC(=O)N1C=C2CCC3c4ccccc4NC3C2CC1. The molecular weight excluding hydrogens is 248 g/mol. The first-order valence-electron chi connectivity index (χ1n) is 7.57. The van der Waals surface area contributed by atoms with Crippen LogP contribution in [0.5, 0.6) is 0 Å². The molecule has 3 heteroatoms. The monoisotopic (exact) mass is 268 g/mol. The molecule has 3 aliphatic rings. The van der Waals surface area contributed by atoms with Crippen molar-refractivity contribution >= 4 is 11.6 Å². The molecule has 1 aromatic carbocycles. The molecule has 0 spiro atoms. The predicted octanol–water partition coefficient (Wildman–Crippen LogP) is 3.11. The molecule has 4 rings (SSSR count). The van der Waals surface area contributed by atoms with E-state index >= 15 is 0 Å². The van der Waals surface area contributed by atoms with Crippen LogP contribution >= 0.6 is 0 Å². The molecule has 0 radical (unpaired) electrons. The van der Waals surface area contributed by atoms with Crippen molar-refractivity contribution in [3.05, 3.63) is 41.6 Å². The van der Waals surface area contributed by atoms with Crippen LogP contribution in [0, 0.1) is 5.92 Å². The summed E-state index contributed by atoms with van der Waals surface area (Å²) in [5, 5.41) is 3.74. The highest BCUT2D eigenvalue weighted by molar-refractivity contribution is 5.74. The number of anilines is 1. The number of para-hydroxylation sites is 1. The van der Waals surface area contributed by atoms with E-state index in [2.05, 4.69) is 35.8 Å². The lowest BCUT2D eigenvalue weighted by Crippen LogP contribution is -2.41. The molecule has 0 bridgehead atoms. The number of rotatable bonds is 0. The number of carbonyl (C=O) groups excluding carboxylic acids is 1. The number of hydrogen-bond acceptors (Lipinski definition) is 2. The predicted molar refractivity (Wildman–Crippen MR) is 79.4 cm³/mol. The molecule has 1 N–H and O–H groups in total. The Kier molecular flexibility index (Phi) is 2.62. The standard InChI is InChI=1S/C17H20N2O/c1-11(20)19-9-8-13-12(10-19)6-7-15-14-4-2-3-5-16(14)18-17(13)15/h2-5,10,13,15,17-18H,6-9H2,1H3. The Labute approximate surface area is 119 Å². The summed E-state index contributed by atoms with van der Waals surface area (Å²) in [5.74, 6) is 1.41. The van der Waals surface area contributed by atoms with Gasteiger partial charge in [-0.3, -0.25) is 4.79 Å². The molecule has 3 nitrogen and oxygen atoms in total. The van der Waals surface area contributed by atoms with E-state index in [0.717, 1.165) is 19.4 Å². The molecule has 2 heterocycles. The molecule has 1 amide bonds. The van der Waals surface area contributed by atoms with Crippen LogP contribution in [0.1, 0.15) is 37.7 Å². The number of nitrogens with one attached hydrogen (secondary N) is 1. The molecule has 1 fully saturated rings. The smallest absolute Gasteiger partial charge is 0.223 e. The first kappa shape index (κ1) is 12.0. The van der Waals surface area contributed by atoms with Gasteiger partial charge >= 0.3 is 0 Å². The van der Waals surface area contributed by atoms with Crippen LogP contribution in [0.2, 0.25) is 0 Å². The molecule has 0 aromatic heterocycles. The molecule has 1 aliphatic carbocycles. The summed E-state index contributed by atoms with van der Waals surface area (Å²) in [5.41, 5.74) is 4.27. The third-order valence-corrected chi connectivity index (χ3v) is 5.18. The summed E-state index contributed by atoms with van der Waals surface area (Å²) < 4.78 is 0. The molecule has 2 aliphatic heterocycles. The largest absolute Gasteiger partial charge is 0.381 e. The number of amides is 1. The summed E-state index contributed by atoms with van der Waals surface area (Å²) in [6.07, 6.45) is 5.54. The summed E-state index contributed by atoms with van der Waals surface area (Å²) >= 11 is 0. The first-order valence-corrected chi connectivity index (χ1v) is 7.57. The Bertz CT molecular complexity index is 592. The number of nitrogens with zero attached hydrogens (tertiary/aromatic N) is 1. The molecule has 0 saturated heterocycles.